The van der Waals surface area contributed by atoms with Crippen molar-refractivity contribution in [3.63, 3.8) is 0 Å². The Morgan fingerprint density at radius 1 is 1.58 bits per heavy atom. The highest BCUT2D eigenvalue weighted by molar-refractivity contribution is 6.30. The van der Waals surface area contributed by atoms with Gasteiger partial charge in [0.25, 0.3) is 5.56 Å². The fraction of sp³-hybridized carbons (Fsp3) is 0.538. The van der Waals surface area contributed by atoms with Gasteiger partial charge in [0.15, 0.2) is 0 Å². The number of esters is 1. The van der Waals surface area contributed by atoms with Gasteiger partial charge in [0.05, 0.1) is 6.61 Å². The average molecular weight is 285 g/mol. The molecule has 0 unspecified atom stereocenters. The molecule has 1 aromatic rings. The molecule has 0 aliphatic heterocycles. The van der Waals surface area contributed by atoms with Crippen LogP contribution in [0.15, 0.2) is 10.9 Å². The number of aromatic amines is 1. The summed E-state index contributed by atoms with van der Waals surface area (Å²) in [7, 11) is 0. The zero-order valence-electron chi connectivity index (χ0n) is 10.8. The summed E-state index contributed by atoms with van der Waals surface area (Å²) in [5.74, 6) is -0.0619. The summed E-state index contributed by atoms with van der Waals surface area (Å²) >= 11 is 5.76. The smallest absolute Gasteiger partial charge is 0.341 e. The lowest BCUT2D eigenvalue weighted by Crippen LogP contribution is -2.18. The average Bonchev–Trinajstić information content (AvgIpc) is 3.17. The highest BCUT2D eigenvalue weighted by Crippen LogP contribution is 2.26. The molecule has 2 rings (SSSR count). The van der Waals surface area contributed by atoms with Gasteiger partial charge < -0.3 is 15.0 Å². The Morgan fingerprint density at radius 3 is 2.95 bits per heavy atom. The van der Waals surface area contributed by atoms with Gasteiger partial charge in [-0.3, -0.25) is 4.79 Å². The third kappa shape index (κ3) is 3.73. The molecular formula is C13H17ClN2O3. The largest absolute Gasteiger partial charge is 0.462 e. The molecule has 0 radical (unpaired) electrons. The standard InChI is InChI=1S/C13H17ClN2O3/c1-2-3-6-19-13(18)9-7-10(14)12(17)16-11(9)15-8-4-5-8/h7-8H,2-6H2,1H3,(H2,15,16,17). The molecule has 6 heteroatoms. The van der Waals surface area contributed by atoms with Crippen molar-refractivity contribution >= 4 is 23.4 Å². The zero-order chi connectivity index (χ0) is 13.8. The maximum Gasteiger partial charge on any atom is 0.341 e. The molecule has 2 N–H and O–H groups in total. The predicted molar refractivity (Wildman–Crippen MR) is 73.9 cm³/mol. The number of aromatic nitrogens is 1. The van der Waals surface area contributed by atoms with Gasteiger partial charge in [0.2, 0.25) is 0 Å². The van der Waals surface area contributed by atoms with Gasteiger partial charge in [-0.05, 0) is 25.3 Å². The van der Waals surface area contributed by atoms with Crippen LogP contribution < -0.4 is 10.9 Å². The van der Waals surface area contributed by atoms with Gasteiger partial charge in [-0.15, -0.1) is 0 Å². The molecule has 19 heavy (non-hydrogen) atoms. The van der Waals surface area contributed by atoms with Crippen LogP contribution in [0.25, 0.3) is 0 Å². The highest BCUT2D eigenvalue weighted by atomic mass is 35.5. The lowest BCUT2D eigenvalue weighted by molar-refractivity contribution is 0.0500. The predicted octanol–water partition coefficient (Wildman–Crippen LogP) is 2.56. The van der Waals surface area contributed by atoms with Crippen LogP contribution in [0.1, 0.15) is 43.0 Å². The van der Waals surface area contributed by atoms with Gasteiger partial charge in [-0.1, -0.05) is 24.9 Å². The minimum absolute atomic E-state index is 0.0104. The molecule has 0 saturated heterocycles. The highest BCUT2D eigenvalue weighted by Gasteiger charge is 2.25. The summed E-state index contributed by atoms with van der Waals surface area (Å²) in [6, 6.07) is 1.68. The molecular weight excluding hydrogens is 268 g/mol. The zero-order valence-corrected chi connectivity index (χ0v) is 11.5. The number of carbonyl (C=O) groups is 1. The van der Waals surface area contributed by atoms with Crippen LogP contribution in [-0.4, -0.2) is 23.6 Å². The molecule has 0 aromatic carbocycles. The summed E-state index contributed by atoms with van der Waals surface area (Å²) in [6.07, 6.45) is 3.84. The van der Waals surface area contributed by atoms with Crippen LogP contribution in [-0.2, 0) is 4.74 Å². The lowest BCUT2D eigenvalue weighted by atomic mass is 10.2. The number of carbonyl (C=O) groups excluding carboxylic acids is 1. The van der Waals surface area contributed by atoms with E-state index in [1.165, 1.54) is 6.07 Å². The number of hydrogen-bond donors (Lipinski definition) is 2. The third-order valence-corrected chi connectivity index (χ3v) is 3.15. The molecule has 0 amide bonds. The molecule has 1 fully saturated rings. The van der Waals surface area contributed by atoms with E-state index in [1.807, 2.05) is 6.92 Å². The maximum absolute atomic E-state index is 12.0. The number of halogens is 1. The van der Waals surface area contributed by atoms with Gasteiger partial charge in [-0.25, -0.2) is 4.79 Å². The van der Waals surface area contributed by atoms with Crippen LogP contribution in [0.3, 0.4) is 0 Å². The first-order chi connectivity index (χ1) is 9.11. The first-order valence-corrected chi connectivity index (χ1v) is 6.86. The Bertz CT molecular complexity index is 523. The number of ether oxygens (including phenoxy) is 1. The molecule has 1 heterocycles. The van der Waals surface area contributed by atoms with Gasteiger partial charge in [-0.2, -0.15) is 0 Å². The second-order valence-electron chi connectivity index (χ2n) is 4.64. The van der Waals surface area contributed by atoms with Crippen LogP contribution in [0, 0.1) is 0 Å². The van der Waals surface area contributed by atoms with Crippen molar-refractivity contribution in [1.29, 1.82) is 0 Å². The summed E-state index contributed by atoms with van der Waals surface area (Å²) in [5, 5.41) is 3.10. The van der Waals surface area contributed by atoms with E-state index in [2.05, 4.69) is 10.3 Å². The second-order valence-corrected chi connectivity index (χ2v) is 5.05. The van der Waals surface area contributed by atoms with E-state index in [0.29, 0.717) is 18.5 Å². The molecule has 1 aliphatic rings. The number of unbranched alkanes of at least 4 members (excludes halogenated alkanes) is 1. The van der Waals surface area contributed by atoms with Crippen molar-refractivity contribution in [2.24, 2.45) is 0 Å². The van der Waals surface area contributed by atoms with Crippen molar-refractivity contribution < 1.29 is 9.53 Å². The molecule has 0 atom stereocenters. The molecule has 104 valence electrons. The van der Waals surface area contributed by atoms with E-state index >= 15 is 0 Å². The summed E-state index contributed by atoms with van der Waals surface area (Å²) in [4.78, 5) is 26.0. The Labute approximate surface area is 116 Å². The monoisotopic (exact) mass is 284 g/mol. The number of hydrogen-bond acceptors (Lipinski definition) is 4. The number of nitrogens with one attached hydrogen (secondary N) is 2. The maximum atomic E-state index is 12.0. The summed E-state index contributed by atoms with van der Waals surface area (Å²) in [5.41, 5.74) is -0.123. The van der Waals surface area contributed by atoms with Crippen LogP contribution in [0.4, 0.5) is 5.82 Å². The summed E-state index contributed by atoms with van der Waals surface area (Å²) < 4.78 is 5.15. The Balaban J connectivity index is 2.18. The minimum Gasteiger partial charge on any atom is -0.462 e. The van der Waals surface area contributed by atoms with Crippen molar-refractivity contribution in [3.8, 4) is 0 Å². The van der Waals surface area contributed by atoms with E-state index in [9.17, 15) is 9.59 Å². The van der Waals surface area contributed by atoms with Crippen LogP contribution in [0.2, 0.25) is 5.02 Å². The molecule has 0 bridgehead atoms. The van der Waals surface area contributed by atoms with Gasteiger partial charge in [0.1, 0.15) is 16.4 Å². The number of rotatable bonds is 6. The Kier molecular flexibility index (Phi) is 4.47. The first kappa shape index (κ1) is 13.9. The number of H-pyrrole nitrogens is 1. The third-order valence-electron chi connectivity index (χ3n) is 2.87. The fourth-order valence-electron chi connectivity index (χ4n) is 1.60. The SMILES string of the molecule is CCCCOC(=O)c1cc(Cl)c(=O)[nH]c1NC1CC1. The van der Waals surface area contributed by atoms with E-state index < -0.39 is 11.5 Å². The van der Waals surface area contributed by atoms with Crippen LogP contribution in [0.5, 0.6) is 0 Å². The van der Waals surface area contributed by atoms with Crippen molar-refractivity contribution in [2.45, 2.75) is 38.6 Å². The van der Waals surface area contributed by atoms with Gasteiger partial charge >= 0.3 is 5.97 Å². The first-order valence-electron chi connectivity index (χ1n) is 6.48. The Morgan fingerprint density at radius 2 is 2.32 bits per heavy atom. The summed E-state index contributed by atoms with van der Waals surface area (Å²) in [6.45, 7) is 2.39. The topological polar surface area (TPSA) is 71.2 Å². The molecule has 0 spiro atoms. The normalized spacial score (nSPS) is 14.2. The molecule has 1 aliphatic carbocycles. The Hall–Kier alpha value is -1.49. The number of pyridine rings is 1. The van der Waals surface area contributed by atoms with Gasteiger partial charge in [0, 0.05) is 6.04 Å². The van der Waals surface area contributed by atoms with E-state index in [0.717, 1.165) is 25.7 Å². The van der Waals surface area contributed by atoms with Crippen molar-refractivity contribution in [2.75, 3.05) is 11.9 Å². The molecule has 1 saturated carbocycles. The van der Waals surface area contributed by atoms with E-state index in [4.69, 9.17) is 16.3 Å². The fourth-order valence-corrected chi connectivity index (χ4v) is 1.75. The quantitative estimate of drug-likeness (QED) is 0.622. The molecule has 1 aromatic heterocycles. The molecule has 5 nitrogen and oxygen atoms in total. The van der Waals surface area contributed by atoms with E-state index in [-0.39, 0.29) is 10.6 Å². The van der Waals surface area contributed by atoms with Crippen molar-refractivity contribution in [3.05, 3.63) is 27.0 Å². The second kappa shape index (κ2) is 6.10. The van der Waals surface area contributed by atoms with Crippen LogP contribution >= 0.6 is 11.6 Å². The van der Waals surface area contributed by atoms with E-state index in [1.54, 1.807) is 0 Å². The van der Waals surface area contributed by atoms with Crippen molar-refractivity contribution in [1.82, 2.24) is 4.98 Å². The lowest BCUT2D eigenvalue weighted by Gasteiger charge is -2.11. The minimum atomic E-state index is -0.463. The number of anilines is 1.